The number of aliphatic hydroxyl groups excluding tert-OH is 1. The van der Waals surface area contributed by atoms with Crippen LogP contribution in [0.2, 0.25) is 0 Å². The highest BCUT2D eigenvalue weighted by atomic mass is 31.2. The molecule has 16 heteroatoms. The summed E-state index contributed by atoms with van der Waals surface area (Å²) in [7, 11) is -4.89. The van der Waals surface area contributed by atoms with Gasteiger partial charge in [-0.15, -0.1) is 0 Å². The zero-order chi connectivity index (χ0) is 22.1. The van der Waals surface area contributed by atoms with Crippen molar-refractivity contribution in [2.75, 3.05) is 12.3 Å². The Morgan fingerprint density at radius 1 is 1.27 bits per heavy atom. The summed E-state index contributed by atoms with van der Waals surface area (Å²) in [6, 6.07) is 0. The minimum absolute atomic E-state index is 0.0734. The molecule has 0 unspecified atom stereocenters. The molecule has 3 rings (SSSR count). The van der Waals surface area contributed by atoms with Gasteiger partial charge in [0.2, 0.25) is 0 Å². The third-order valence-electron chi connectivity index (χ3n) is 4.19. The lowest BCUT2D eigenvalue weighted by Crippen LogP contribution is -2.38. The molecule has 0 radical (unpaired) electrons. The molecule has 164 valence electrons. The minimum atomic E-state index is -4.89. The van der Waals surface area contributed by atoms with E-state index in [1.165, 1.54) is 10.9 Å². The Labute approximate surface area is 167 Å². The number of hydrogen-bond donors (Lipinski definition) is 5. The first kappa shape index (κ1) is 22.0. The van der Waals surface area contributed by atoms with Crippen molar-refractivity contribution in [2.45, 2.75) is 37.4 Å². The number of carboxylic acid groups (broad SMARTS) is 1. The van der Waals surface area contributed by atoms with E-state index < -0.39 is 63.7 Å². The number of hydrogen-bond acceptors (Lipinski definition) is 11. The number of fused-ring (bicyclic) bond motifs is 1. The van der Waals surface area contributed by atoms with Gasteiger partial charge >= 0.3 is 19.8 Å². The van der Waals surface area contributed by atoms with Gasteiger partial charge in [-0.05, 0) is 0 Å². The third kappa shape index (κ3) is 4.89. The number of anilines is 1. The maximum atomic E-state index is 11.9. The first-order valence-electron chi connectivity index (χ1n) is 8.44. The summed E-state index contributed by atoms with van der Waals surface area (Å²) >= 11 is 0. The van der Waals surface area contributed by atoms with Crippen LogP contribution >= 0.6 is 7.82 Å². The van der Waals surface area contributed by atoms with Crippen molar-refractivity contribution in [1.82, 2.24) is 19.5 Å². The summed E-state index contributed by atoms with van der Waals surface area (Å²) in [5.41, 5.74) is 6.14. The summed E-state index contributed by atoms with van der Waals surface area (Å²) in [6.45, 7) is -0.724. The molecule has 30 heavy (non-hydrogen) atoms. The summed E-state index contributed by atoms with van der Waals surface area (Å²) in [4.78, 5) is 52.3. The van der Waals surface area contributed by atoms with Crippen LogP contribution in [-0.4, -0.2) is 76.4 Å². The molecule has 15 nitrogen and oxygen atoms in total. The van der Waals surface area contributed by atoms with Crippen LogP contribution in [0.3, 0.4) is 0 Å². The van der Waals surface area contributed by atoms with Gasteiger partial charge < -0.3 is 35.2 Å². The predicted molar refractivity (Wildman–Crippen MR) is 94.4 cm³/mol. The number of carboxylic acids is 1. The molecule has 2 aromatic heterocycles. The molecule has 3 heterocycles. The van der Waals surface area contributed by atoms with E-state index >= 15 is 0 Å². The molecule has 0 aromatic carbocycles. The van der Waals surface area contributed by atoms with Crippen LogP contribution in [0.1, 0.15) is 19.1 Å². The average Bonchev–Trinajstić information content (AvgIpc) is 3.21. The van der Waals surface area contributed by atoms with Crippen LogP contribution in [0.4, 0.5) is 5.82 Å². The average molecular weight is 447 g/mol. The van der Waals surface area contributed by atoms with Crippen molar-refractivity contribution in [3.05, 3.63) is 12.7 Å². The van der Waals surface area contributed by atoms with E-state index in [1.54, 1.807) is 0 Å². The van der Waals surface area contributed by atoms with Crippen molar-refractivity contribution >= 4 is 36.7 Å². The van der Waals surface area contributed by atoms with Crippen LogP contribution in [0.5, 0.6) is 0 Å². The van der Waals surface area contributed by atoms with E-state index in [1.807, 2.05) is 0 Å². The molecular formula is C14H18N5O10P. The number of esters is 1. The lowest BCUT2D eigenvalue weighted by molar-refractivity contribution is -0.158. The zero-order valence-electron chi connectivity index (χ0n) is 15.1. The van der Waals surface area contributed by atoms with Gasteiger partial charge in [0.15, 0.2) is 23.8 Å². The van der Waals surface area contributed by atoms with Crippen molar-refractivity contribution in [3.63, 3.8) is 0 Å². The molecule has 2 aromatic rings. The fourth-order valence-corrected chi connectivity index (χ4v) is 3.22. The summed E-state index contributed by atoms with van der Waals surface area (Å²) < 4.78 is 27.5. The van der Waals surface area contributed by atoms with Gasteiger partial charge in [0.25, 0.3) is 0 Å². The second kappa shape index (κ2) is 8.59. The summed E-state index contributed by atoms with van der Waals surface area (Å²) in [5.74, 6) is -2.10. The van der Waals surface area contributed by atoms with Crippen LogP contribution < -0.4 is 5.73 Å². The highest BCUT2D eigenvalue weighted by molar-refractivity contribution is 7.46. The van der Waals surface area contributed by atoms with E-state index in [4.69, 9.17) is 30.1 Å². The highest BCUT2D eigenvalue weighted by Gasteiger charge is 2.48. The molecule has 0 bridgehead atoms. The number of nitrogens with zero attached hydrogens (tertiary/aromatic N) is 4. The number of aliphatic hydroxyl groups is 1. The van der Waals surface area contributed by atoms with Crippen LogP contribution in [0.25, 0.3) is 11.2 Å². The number of phosphoric ester groups is 1. The molecule has 0 saturated carbocycles. The lowest BCUT2D eigenvalue weighted by atomic mass is 10.1. The largest absolute Gasteiger partial charge is 0.481 e. The van der Waals surface area contributed by atoms with Crippen molar-refractivity contribution in [3.8, 4) is 0 Å². The highest BCUT2D eigenvalue weighted by Crippen LogP contribution is 2.39. The minimum Gasteiger partial charge on any atom is -0.481 e. The number of nitrogen functional groups attached to an aromatic ring is 1. The quantitative estimate of drug-likeness (QED) is 0.230. The number of ether oxygens (including phenoxy) is 2. The van der Waals surface area contributed by atoms with E-state index in [9.17, 15) is 19.3 Å². The lowest BCUT2D eigenvalue weighted by Gasteiger charge is -2.20. The van der Waals surface area contributed by atoms with E-state index in [2.05, 4.69) is 19.5 Å². The molecule has 0 amide bonds. The van der Waals surface area contributed by atoms with Crippen molar-refractivity contribution < 1.29 is 48.2 Å². The number of imidazole rings is 1. The molecule has 4 atom stereocenters. The number of carbonyl (C=O) groups is 2. The number of phosphoric acid groups is 1. The maximum absolute atomic E-state index is 11.9. The molecule has 0 aliphatic carbocycles. The molecule has 1 fully saturated rings. The molecular weight excluding hydrogens is 429 g/mol. The molecule has 0 spiro atoms. The number of rotatable bonds is 8. The van der Waals surface area contributed by atoms with Gasteiger partial charge in [0, 0.05) is 0 Å². The monoisotopic (exact) mass is 447 g/mol. The normalized spacial score (nSPS) is 24.2. The van der Waals surface area contributed by atoms with E-state index in [-0.39, 0.29) is 17.0 Å². The number of carbonyl (C=O) groups excluding carboxylic acids is 1. The molecule has 1 saturated heterocycles. The Bertz CT molecular complexity index is 993. The third-order valence-corrected chi connectivity index (χ3v) is 4.67. The van der Waals surface area contributed by atoms with Crippen molar-refractivity contribution in [1.29, 1.82) is 0 Å². The molecule has 1 aliphatic rings. The first-order chi connectivity index (χ1) is 14.1. The zero-order valence-corrected chi connectivity index (χ0v) is 16.0. The van der Waals surface area contributed by atoms with Crippen LogP contribution in [0, 0.1) is 0 Å². The smallest absolute Gasteiger partial charge is 0.469 e. The van der Waals surface area contributed by atoms with Gasteiger partial charge in [-0.1, -0.05) is 0 Å². The van der Waals surface area contributed by atoms with E-state index in [0.717, 1.165) is 6.33 Å². The fraction of sp³-hybridized carbons (Fsp3) is 0.500. The topological polar surface area (TPSA) is 229 Å². The van der Waals surface area contributed by atoms with E-state index in [0.29, 0.717) is 0 Å². The predicted octanol–water partition coefficient (Wildman–Crippen LogP) is -1.45. The summed E-state index contributed by atoms with van der Waals surface area (Å²) in [6.07, 6.45) is -4.04. The standard InChI is InChI=1S/C14H18N5O10P/c15-12-9-13(17-4-16-12)19(5-18-9)14-10(23)11(29-8(22)2-1-7(20)21)6(28-14)3-27-30(24,25)26/h4-6,10-11,14,23H,1-3H2,(H,20,21)(H2,15,16,17)(H2,24,25,26)/t6-,10-,11-,14-/m1/s1. The van der Waals surface area contributed by atoms with Gasteiger partial charge in [-0.2, -0.15) is 0 Å². The first-order valence-corrected chi connectivity index (χ1v) is 9.97. The Morgan fingerprint density at radius 3 is 2.67 bits per heavy atom. The Morgan fingerprint density at radius 2 is 2.00 bits per heavy atom. The number of aliphatic carboxylic acids is 1. The van der Waals surface area contributed by atoms with Gasteiger partial charge in [0.1, 0.15) is 24.1 Å². The molecule has 1 aliphatic heterocycles. The second-order valence-corrected chi connectivity index (χ2v) is 7.51. The van der Waals surface area contributed by atoms with Gasteiger partial charge in [0.05, 0.1) is 25.8 Å². The maximum Gasteiger partial charge on any atom is 0.469 e. The Balaban J connectivity index is 1.84. The SMILES string of the molecule is Nc1ncnc2c1ncn2[C@@H]1O[C@H](COP(=O)(O)O)[C@@H](OC(=O)CCC(=O)O)[C@H]1O. The van der Waals surface area contributed by atoms with Gasteiger partial charge in [-0.3, -0.25) is 18.7 Å². The molecule has 6 N–H and O–H groups in total. The fourth-order valence-electron chi connectivity index (χ4n) is 2.88. The number of nitrogens with two attached hydrogens (primary N) is 1. The van der Waals surface area contributed by atoms with Crippen molar-refractivity contribution in [2.24, 2.45) is 0 Å². The van der Waals surface area contributed by atoms with Crippen LogP contribution in [0.15, 0.2) is 12.7 Å². The summed E-state index contributed by atoms with van der Waals surface area (Å²) in [5, 5.41) is 19.4. The number of aromatic nitrogens is 4. The Hall–Kier alpha value is -2.68. The Kier molecular flexibility index (Phi) is 6.30. The second-order valence-electron chi connectivity index (χ2n) is 6.27. The van der Waals surface area contributed by atoms with Gasteiger partial charge in [-0.25, -0.2) is 19.5 Å². The van der Waals surface area contributed by atoms with Crippen LogP contribution in [-0.2, 0) is 28.2 Å².